The van der Waals surface area contributed by atoms with Crippen LogP contribution in [0.4, 0.5) is 15.8 Å². The fourth-order valence-electron chi connectivity index (χ4n) is 2.89. The van der Waals surface area contributed by atoms with Crippen LogP contribution in [-0.2, 0) is 16.0 Å². The van der Waals surface area contributed by atoms with Gasteiger partial charge >= 0.3 is 5.97 Å². The zero-order valence-electron chi connectivity index (χ0n) is 14.0. The minimum absolute atomic E-state index is 0.0415. The van der Waals surface area contributed by atoms with E-state index in [1.54, 1.807) is 0 Å². The lowest BCUT2D eigenvalue weighted by Gasteiger charge is -2.29. The molecule has 0 spiro atoms. The number of nitrogens with zero attached hydrogens (tertiary/aromatic N) is 2. The molecule has 0 unspecified atom stereocenters. The zero-order chi connectivity index (χ0) is 19.6. The number of aryl methyl sites for hydroxylation is 1. The number of nitro groups is 1. The Hall–Kier alpha value is -2.81. The van der Waals surface area contributed by atoms with Crippen molar-refractivity contribution in [2.45, 2.75) is 12.8 Å². The van der Waals surface area contributed by atoms with E-state index >= 15 is 0 Å². The second kappa shape index (κ2) is 7.83. The van der Waals surface area contributed by atoms with Crippen LogP contribution in [0.1, 0.15) is 22.3 Å². The molecule has 1 aliphatic rings. The summed E-state index contributed by atoms with van der Waals surface area (Å²) in [5.74, 6) is -2.16. The van der Waals surface area contributed by atoms with E-state index in [-0.39, 0.29) is 11.3 Å². The van der Waals surface area contributed by atoms with Crippen molar-refractivity contribution in [3.05, 3.63) is 67.9 Å². The van der Waals surface area contributed by atoms with Crippen molar-refractivity contribution in [2.75, 3.05) is 18.1 Å². The molecule has 2 aromatic carbocycles. The summed E-state index contributed by atoms with van der Waals surface area (Å²) in [6.07, 6.45) is 1.25. The number of hydrogen-bond acceptors (Lipinski definition) is 5. The predicted molar refractivity (Wildman–Crippen MR) is 98.2 cm³/mol. The van der Waals surface area contributed by atoms with Gasteiger partial charge in [0.2, 0.25) is 0 Å². The Morgan fingerprint density at radius 2 is 2.04 bits per heavy atom. The number of amides is 1. The van der Waals surface area contributed by atoms with Crippen molar-refractivity contribution in [1.29, 1.82) is 0 Å². The third kappa shape index (κ3) is 4.13. The third-order valence-corrected chi connectivity index (χ3v) is 4.66. The molecule has 27 heavy (non-hydrogen) atoms. The van der Waals surface area contributed by atoms with E-state index in [2.05, 4.69) is 15.9 Å². The summed E-state index contributed by atoms with van der Waals surface area (Å²) in [4.78, 5) is 36.3. The molecule has 0 saturated heterocycles. The normalized spacial score (nSPS) is 13.0. The van der Waals surface area contributed by atoms with Crippen molar-refractivity contribution >= 4 is 39.2 Å². The van der Waals surface area contributed by atoms with Crippen LogP contribution in [0.5, 0.6) is 0 Å². The standard InChI is InChI=1S/C18H14BrFN2O5/c19-12-3-5-14(15(20)9-12)18(24)27-10-17(23)21-7-1-2-11-8-13(22(25)26)4-6-16(11)21/h3-6,8-9H,1-2,7,10H2. The van der Waals surface area contributed by atoms with Crippen LogP contribution in [0, 0.1) is 15.9 Å². The molecule has 0 radical (unpaired) electrons. The van der Waals surface area contributed by atoms with Gasteiger partial charge in [0, 0.05) is 28.8 Å². The van der Waals surface area contributed by atoms with Crippen LogP contribution in [0.2, 0.25) is 0 Å². The van der Waals surface area contributed by atoms with E-state index in [1.807, 2.05) is 0 Å². The van der Waals surface area contributed by atoms with Crippen LogP contribution in [-0.4, -0.2) is 30.0 Å². The number of anilines is 1. The first-order valence-corrected chi connectivity index (χ1v) is 8.86. The lowest BCUT2D eigenvalue weighted by Crippen LogP contribution is -2.38. The molecule has 1 amide bonds. The fourth-order valence-corrected chi connectivity index (χ4v) is 3.23. The summed E-state index contributed by atoms with van der Waals surface area (Å²) in [7, 11) is 0. The molecule has 7 nitrogen and oxygen atoms in total. The maximum atomic E-state index is 13.8. The monoisotopic (exact) mass is 436 g/mol. The van der Waals surface area contributed by atoms with Crippen LogP contribution < -0.4 is 4.90 Å². The summed E-state index contributed by atoms with van der Waals surface area (Å²) in [5.41, 5.74) is 0.942. The van der Waals surface area contributed by atoms with E-state index in [0.717, 1.165) is 6.07 Å². The smallest absolute Gasteiger partial charge is 0.341 e. The Morgan fingerprint density at radius 1 is 1.26 bits per heavy atom. The van der Waals surface area contributed by atoms with Gasteiger partial charge in [-0.2, -0.15) is 0 Å². The molecule has 140 valence electrons. The number of ether oxygens (including phenoxy) is 1. The molecule has 0 fully saturated rings. The fraction of sp³-hybridized carbons (Fsp3) is 0.222. The minimum Gasteiger partial charge on any atom is -0.452 e. The lowest BCUT2D eigenvalue weighted by molar-refractivity contribution is -0.384. The van der Waals surface area contributed by atoms with E-state index < -0.39 is 29.2 Å². The summed E-state index contributed by atoms with van der Waals surface area (Å²) >= 11 is 3.09. The van der Waals surface area contributed by atoms with Crippen LogP contribution in [0.25, 0.3) is 0 Å². The molecular weight excluding hydrogens is 423 g/mol. The van der Waals surface area contributed by atoms with Crippen LogP contribution >= 0.6 is 15.9 Å². The molecule has 1 aliphatic heterocycles. The van der Waals surface area contributed by atoms with Gasteiger partial charge in [-0.25, -0.2) is 9.18 Å². The highest BCUT2D eigenvalue weighted by molar-refractivity contribution is 9.10. The predicted octanol–water partition coefficient (Wildman–Crippen LogP) is 3.63. The minimum atomic E-state index is -0.936. The molecule has 1 heterocycles. The number of non-ortho nitro benzene ring substituents is 1. The zero-order valence-corrected chi connectivity index (χ0v) is 15.6. The van der Waals surface area contributed by atoms with Gasteiger partial charge in [-0.15, -0.1) is 0 Å². The number of rotatable bonds is 4. The first kappa shape index (κ1) is 19.0. The number of fused-ring (bicyclic) bond motifs is 1. The van der Waals surface area contributed by atoms with Gasteiger partial charge in [0.25, 0.3) is 11.6 Å². The summed E-state index contributed by atoms with van der Waals surface area (Å²) in [5, 5.41) is 10.9. The molecule has 0 atom stereocenters. The van der Waals surface area contributed by atoms with Crippen molar-refractivity contribution in [3.8, 4) is 0 Å². The summed E-state index contributed by atoms with van der Waals surface area (Å²) in [6.45, 7) is -0.140. The molecule has 3 rings (SSSR count). The Morgan fingerprint density at radius 3 is 2.74 bits per heavy atom. The number of carbonyl (C=O) groups excluding carboxylic acids is 2. The molecule has 0 saturated carbocycles. The summed E-state index contributed by atoms with van der Waals surface area (Å²) < 4.78 is 19.2. The second-order valence-corrected chi connectivity index (χ2v) is 6.84. The lowest BCUT2D eigenvalue weighted by atomic mass is 10.0. The molecule has 9 heteroatoms. The van der Waals surface area contributed by atoms with E-state index in [9.17, 15) is 24.1 Å². The Labute approximate surface area is 162 Å². The third-order valence-electron chi connectivity index (χ3n) is 4.17. The van der Waals surface area contributed by atoms with Crippen molar-refractivity contribution < 1.29 is 23.6 Å². The van der Waals surface area contributed by atoms with Crippen LogP contribution in [0.15, 0.2) is 40.9 Å². The van der Waals surface area contributed by atoms with Gasteiger partial charge < -0.3 is 9.64 Å². The molecule has 2 aromatic rings. The Balaban J connectivity index is 1.70. The van der Waals surface area contributed by atoms with E-state index in [0.29, 0.717) is 35.1 Å². The first-order chi connectivity index (χ1) is 12.9. The molecule has 0 aromatic heterocycles. The number of carbonyl (C=O) groups is 2. The summed E-state index contributed by atoms with van der Waals surface area (Å²) in [6, 6.07) is 8.18. The molecule has 0 bridgehead atoms. The Bertz CT molecular complexity index is 934. The number of halogens is 2. The topological polar surface area (TPSA) is 89.8 Å². The van der Waals surface area contributed by atoms with Crippen molar-refractivity contribution in [2.24, 2.45) is 0 Å². The molecule has 0 aliphatic carbocycles. The van der Waals surface area contributed by atoms with Gasteiger partial charge in [-0.3, -0.25) is 14.9 Å². The highest BCUT2D eigenvalue weighted by atomic mass is 79.9. The van der Waals surface area contributed by atoms with Gasteiger partial charge in [-0.1, -0.05) is 15.9 Å². The van der Waals surface area contributed by atoms with Gasteiger partial charge in [0.05, 0.1) is 10.5 Å². The average molecular weight is 437 g/mol. The highest BCUT2D eigenvalue weighted by Crippen LogP contribution is 2.30. The largest absolute Gasteiger partial charge is 0.452 e. The Kier molecular flexibility index (Phi) is 5.50. The van der Waals surface area contributed by atoms with Crippen molar-refractivity contribution in [1.82, 2.24) is 0 Å². The highest BCUT2D eigenvalue weighted by Gasteiger charge is 2.25. The maximum Gasteiger partial charge on any atom is 0.341 e. The maximum absolute atomic E-state index is 13.8. The van der Waals surface area contributed by atoms with Crippen molar-refractivity contribution in [3.63, 3.8) is 0 Å². The van der Waals surface area contributed by atoms with Gasteiger partial charge in [0.1, 0.15) is 5.82 Å². The average Bonchev–Trinajstić information content (AvgIpc) is 2.64. The number of esters is 1. The van der Waals surface area contributed by atoms with E-state index in [4.69, 9.17) is 4.74 Å². The first-order valence-electron chi connectivity index (χ1n) is 8.06. The molecule has 0 N–H and O–H groups in total. The van der Waals surface area contributed by atoms with E-state index in [1.165, 1.54) is 35.2 Å². The van der Waals surface area contributed by atoms with Gasteiger partial charge in [0.15, 0.2) is 6.61 Å². The van der Waals surface area contributed by atoms with Crippen LogP contribution in [0.3, 0.4) is 0 Å². The molecular formula is C18H14BrFN2O5. The van der Waals surface area contributed by atoms with Gasteiger partial charge in [-0.05, 0) is 42.7 Å². The number of benzene rings is 2. The quantitative estimate of drug-likeness (QED) is 0.414. The second-order valence-electron chi connectivity index (χ2n) is 5.92. The number of hydrogen-bond donors (Lipinski definition) is 0. The number of nitro benzene ring substituents is 1. The SMILES string of the molecule is O=C(OCC(=O)N1CCCc2cc([N+](=O)[O-])ccc21)c1ccc(Br)cc1F.